The molecule has 1 aromatic heterocycles. The van der Waals surface area contributed by atoms with E-state index in [0.29, 0.717) is 22.6 Å². The standard InChI is InChI=1S/C20H17F4N3O3S/c1-2-25-20-27(26-10-12-5-3-4-6-16(12)28)15(11-31-20)14-8-7-13(29-18(21)22)9-17(14)30-19(23)24/h3-11,18-19,28H,2H2,1H3. The zero-order valence-electron chi connectivity index (χ0n) is 16.1. The summed E-state index contributed by atoms with van der Waals surface area (Å²) in [5, 5.41) is 15.9. The van der Waals surface area contributed by atoms with Crippen LogP contribution >= 0.6 is 11.3 Å². The molecule has 0 fully saturated rings. The van der Waals surface area contributed by atoms with Crippen LogP contribution in [0.5, 0.6) is 17.2 Å². The zero-order chi connectivity index (χ0) is 22.4. The van der Waals surface area contributed by atoms with Gasteiger partial charge in [-0.1, -0.05) is 12.1 Å². The normalized spacial score (nSPS) is 12.3. The van der Waals surface area contributed by atoms with Crippen LogP contribution < -0.4 is 14.3 Å². The maximum atomic E-state index is 13.0. The first-order valence-corrected chi connectivity index (χ1v) is 9.84. The Balaban J connectivity index is 2.12. The number of nitrogens with zero attached hydrogens (tertiary/aromatic N) is 3. The quantitative estimate of drug-likeness (QED) is 0.387. The number of hydrogen-bond donors (Lipinski definition) is 1. The molecule has 1 N–H and O–H groups in total. The Kier molecular flexibility index (Phi) is 7.29. The van der Waals surface area contributed by atoms with E-state index in [0.717, 1.165) is 6.07 Å². The number of halogens is 4. The Morgan fingerprint density at radius 1 is 1.10 bits per heavy atom. The topological polar surface area (TPSA) is 68.3 Å². The molecule has 0 aliphatic rings. The number of aromatic nitrogens is 1. The highest BCUT2D eigenvalue weighted by molar-refractivity contribution is 7.07. The molecule has 3 aromatic rings. The third-order valence-electron chi connectivity index (χ3n) is 3.90. The van der Waals surface area contributed by atoms with Gasteiger partial charge in [-0.2, -0.15) is 22.7 Å². The summed E-state index contributed by atoms with van der Waals surface area (Å²) in [6.45, 7) is -4.04. The molecule has 0 aliphatic heterocycles. The minimum absolute atomic E-state index is 0.00725. The van der Waals surface area contributed by atoms with Gasteiger partial charge >= 0.3 is 13.2 Å². The number of aromatic hydroxyl groups is 1. The van der Waals surface area contributed by atoms with E-state index in [1.165, 1.54) is 40.4 Å². The largest absolute Gasteiger partial charge is 0.507 e. The Bertz CT molecular complexity index is 1130. The summed E-state index contributed by atoms with van der Waals surface area (Å²) in [7, 11) is 0. The number of para-hydroxylation sites is 1. The van der Waals surface area contributed by atoms with Gasteiger partial charge in [0.05, 0.1) is 11.9 Å². The SMILES string of the molecule is CCN=c1scc(-c2ccc(OC(F)F)cc2OC(F)F)n1N=Cc1ccccc1O. The zero-order valence-corrected chi connectivity index (χ0v) is 16.9. The number of phenolic OH excluding ortho intramolecular Hbond substituents is 1. The fourth-order valence-electron chi connectivity index (χ4n) is 2.64. The van der Waals surface area contributed by atoms with Gasteiger partial charge in [0.25, 0.3) is 0 Å². The van der Waals surface area contributed by atoms with Crippen LogP contribution in [0.3, 0.4) is 0 Å². The molecule has 31 heavy (non-hydrogen) atoms. The van der Waals surface area contributed by atoms with Crippen molar-refractivity contribution < 1.29 is 32.1 Å². The van der Waals surface area contributed by atoms with E-state index in [9.17, 15) is 22.7 Å². The molecule has 2 aromatic carbocycles. The van der Waals surface area contributed by atoms with Crippen molar-refractivity contribution in [2.24, 2.45) is 10.1 Å². The van der Waals surface area contributed by atoms with Gasteiger partial charge in [-0.25, -0.2) is 4.68 Å². The van der Waals surface area contributed by atoms with Crippen LogP contribution in [-0.4, -0.2) is 35.8 Å². The summed E-state index contributed by atoms with van der Waals surface area (Å²) in [4.78, 5) is 4.79. The predicted octanol–water partition coefficient (Wildman–Crippen LogP) is 4.93. The van der Waals surface area contributed by atoms with Crippen molar-refractivity contribution >= 4 is 17.6 Å². The molecule has 0 radical (unpaired) electrons. The van der Waals surface area contributed by atoms with Crippen LogP contribution in [0.1, 0.15) is 12.5 Å². The average Bonchev–Trinajstić information content (AvgIpc) is 3.09. The summed E-state index contributed by atoms with van der Waals surface area (Å²) in [6, 6.07) is 10.0. The van der Waals surface area contributed by atoms with E-state index in [2.05, 4.69) is 19.6 Å². The number of phenols is 1. The molecule has 0 amide bonds. The molecule has 0 saturated heterocycles. The second kappa shape index (κ2) is 10.1. The van der Waals surface area contributed by atoms with Crippen molar-refractivity contribution in [3.63, 3.8) is 0 Å². The maximum Gasteiger partial charge on any atom is 0.387 e. The summed E-state index contributed by atoms with van der Waals surface area (Å²) in [6.07, 6.45) is 1.39. The smallest absolute Gasteiger partial charge is 0.387 e. The molecule has 0 spiro atoms. The van der Waals surface area contributed by atoms with Crippen LogP contribution in [0.2, 0.25) is 0 Å². The summed E-state index contributed by atoms with van der Waals surface area (Å²) in [5.74, 6) is -0.680. The number of thiazole rings is 1. The van der Waals surface area contributed by atoms with Crippen molar-refractivity contribution in [1.29, 1.82) is 0 Å². The highest BCUT2D eigenvalue weighted by Crippen LogP contribution is 2.35. The van der Waals surface area contributed by atoms with Crippen molar-refractivity contribution in [2.75, 3.05) is 6.54 Å². The van der Waals surface area contributed by atoms with E-state index in [1.54, 1.807) is 23.6 Å². The second-order valence-electron chi connectivity index (χ2n) is 5.91. The van der Waals surface area contributed by atoms with Crippen LogP contribution in [0.15, 0.2) is 57.9 Å². The molecule has 0 aliphatic carbocycles. The van der Waals surface area contributed by atoms with Gasteiger partial charge in [0.1, 0.15) is 17.2 Å². The average molecular weight is 455 g/mol. The predicted molar refractivity (Wildman–Crippen MR) is 108 cm³/mol. The first-order valence-electron chi connectivity index (χ1n) is 8.96. The lowest BCUT2D eigenvalue weighted by Crippen LogP contribution is -2.13. The van der Waals surface area contributed by atoms with Crippen LogP contribution in [0.25, 0.3) is 11.3 Å². The van der Waals surface area contributed by atoms with Crippen LogP contribution in [-0.2, 0) is 0 Å². The number of alkyl halides is 4. The molecule has 164 valence electrons. The third-order valence-corrected chi connectivity index (χ3v) is 4.75. The number of hydrogen-bond acceptors (Lipinski definition) is 6. The molecule has 1 heterocycles. The first-order chi connectivity index (χ1) is 14.9. The number of ether oxygens (including phenoxy) is 2. The summed E-state index contributed by atoms with van der Waals surface area (Å²) >= 11 is 1.20. The Hall–Kier alpha value is -3.34. The molecule has 0 unspecified atom stereocenters. The number of benzene rings is 2. The second-order valence-corrected chi connectivity index (χ2v) is 6.74. The minimum atomic E-state index is -3.18. The summed E-state index contributed by atoms with van der Waals surface area (Å²) in [5.41, 5.74) is 0.938. The van der Waals surface area contributed by atoms with Crippen molar-refractivity contribution in [3.05, 3.63) is 58.2 Å². The first kappa shape index (κ1) is 22.3. The fraction of sp³-hybridized carbons (Fsp3) is 0.200. The van der Waals surface area contributed by atoms with Gasteiger partial charge in [-0.3, -0.25) is 4.99 Å². The number of rotatable bonds is 8. The van der Waals surface area contributed by atoms with E-state index in [-0.39, 0.29) is 22.8 Å². The molecule has 0 saturated carbocycles. The summed E-state index contributed by atoms with van der Waals surface area (Å²) < 4.78 is 61.2. The Labute approximate surface area is 178 Å². The molecule has 6 nitrogen and oxygen atoms in total. The van der Waals surface area contributed by atoms with E-state index in [1.807, 2.05) is 6.92 Å². The molecular weight excluding hydrogens is 438 g/mol. The Morgan fingerprint density at radius 2 is 1.84 bits per heavy atom. The van der Waals surface area contributed by atoms with Gasteiger partial charge in [0, 0.05) is 29.1 Å². The lowest BCUT2D eigenvalue weighted by molar-refractivity contribution is -0.0540. The van der Waals surface area contributed by atoms with E-state index >= 15 is 0 Å². The Morgan fingerprint density at radius 3 is 2.52 bits per heavy atom. The van der Waals surface area contributed by atoms with Gasteiger partial charge in [0.2, 0.25) is 4.80 Å². The van der Waals surface area contributed by atoms with Gasteiger partial charge in [-0.05, 0) is 31.2 Å². The van der Waals surface area contributed by atoms with Crippen molar-refractivity contribution in [1.82, 2.24) is 4.68 Å². The molecular formula is C20H17F4N3O3S. The minimum Gasteiger partial charge on any atom is -0.507 e. The third kappa shape index (κ3) is 5.63. The van der Waals surface area contributed by atoms with Gasteiger partial charge in [-0.15, -0.1) is 11.3 Å². The monoisotopic (exact) mass is 455 g/mol. The van der Waals surface area contributed by atoms with E-state index in [4.69, 9.17) is 0 Å². The van der Waals surface area contributed by atoms with Crippen LogP contribution in [0.4, 0.5) is 17.6 Å². The fourth-order valence-corrected chi connectivity index (χ4v) is 3.53. The van der Waals surface area contributed by atoms with Gasteiger partial charge in [0.15, 0.2) is 0 Å². The highest BCUT2D eigenvalue weighted by atomic mass is 32.1. The maximum absolute atomic E-state index is 13.0. The lowest BCUT2D eigenvalue weighted by atomic mass is 10.1. The molecule has 0 atom stereocenters. The van der Waals surface area contributed by atoms with Crippen molar-refractivity contribution in [3.8, 4) is 28.5 Å². The van der Waals surface area contributed by atoms with Gasteiger partial charge < -0.3 is 14.6 Å². The lowest BCUT2D eigenvalue weighted by Gasteiger charge is -2.13. The van der Waals surface area contributed by atoms with Crippen molar-refractivity contribution in [2.45, 2.75) is 20.1 Å². The highest BCUT2D eigenvalue weighted by Gasteiger charge is 2.18. The van der Waals surface area contributed by atoms with E-state index < -0.39 is 13.2 Å². The molecule has 11 heteroatoms. The molecule has 3 rings (SSSR count). The van der Waals surface area contributed by atoms with Crippen LogP contribution in [0, 0.1) is 0 Å². The molecule has 0 bridgehead atoms.